The minimum Gasteiger partial charge on any atom is -0.507 e. The Morgan fingerprint density at radius 2 is 1.87 bits per heavy atom. The number of rotatable bonds is 4. The summed E-state index contributed by atoms with van der Waals surface area (Å²) in [5.74, 6) is 2.15. The van der Waals surface area contributed by atoms with Gasteiger partial charge in [0.2, 0.25) is 6.23 Å². The first-order valence-electron chi connectivity index (χ1n) is 9.92. The lowest BCUT2D eigenvalue weighted by Gasteiger charge is -2.38. The van der Waals surface area contributed by atoms with Gasteiger partial charge in [-0.1, -0.05) is 29.8 Å². The summed E-state index contributed by atoms with van der Waals surface area (Å²) in [5.41, 5.74) is 3.25. The molecule has 0 radical (unpaired) electrons. The zero-order valence-electron chi connectivity index (χ0n) is 17.1. The molecule has 7 heteroatoms. The lowest BCUT2D eigenvalue weighted by Crippen LogP contribution is -2.34. The van der Waals surface area contributed by atoms with Gasteiger partial charge < -0.3 is 19.3 Å². The van der Waals surface area contributed by atoms with Crippen LogP contribution in [-0.4, -0.2) is 30.0 Å². The van der Waals surface area contributed by atoms with E-state index in [1.807, 2.05) is 53.5 Å². The summed E-state index contributed by atoms with van der Waals surface area (Å²) in [6.45, 7) is 0. The monoisotopic (exact) mass is 436 g/mol. The topological polar surface area (TPSA) is 63.5 Å². The zero-order valence-corrected chi connectivity index (χ0v) is 17.8. The largest absolute Gasteiger partial charge is 0.507 e. The van der Waals surface area contributed by atoms with E-state index in [0.29, 0.717) is 28.5 Å². The molecule has 5 rings (SSSR count). The van der Waals surface area contributed by atoms with Gasteiger partial charge in [-0.2, -0.15) is 5.10 Å². The van der Waals surface area contributed by atoms with Crippen molar-refractivity contribution in [2.45, 2.75) is 18.7 Å². The number of para-hydroxylation sites is 2. The van der Waals surface area contributed by atoms with Crippen molar-refractivity contribution in [3.63, 3.8) is 0 Å². The molecule has 2 atom stereocenters. The van der Waals surface area contributed by atoms with E-state index in [0.717, 1.165) is 22.6 Å². The highest BCUT2D eigenvalue weighted by Crippen LogP contribution is 2.50. The van der Waals surface area contributed by atoms with Crippen LogP contribution in [-0.2, 0) is 0 Å². The van der Waals surface area contributed by atoms with Crippen LogP contribution < -0.4 is 14.2 Å². The molecule has 3 aromatic rings. The standard InChI is InChI=1S/C24H21ClN2O4/c1-29-22-9-5-7-16(23(22)30-2)24-27-19(17-12-14(25)10-11-21(17)31-24)13-18(26-27)15-6-3-4-8-20(15)28/h3-12,19,24,28H,13H2,1-2H3/t19-,24-/m0/s1. The maximum atomic E-state index is 10.4. The number of hydrogen-bond donors (Lipinski definition) is 1. The van der Waals surface area contributed by atoms with Crippen LogP contribution in [0, 0.1) is 0 Å². The molecule has 3 aromatic carbocycles. The predicted octanol–water partition coefficient (Wildman–Crippen LogP) is 5.31. The second kappa shape index (κ2) is 7.71. The highest BCUT2D eigenvalue weighted by Gasteiger charge is 2.42. The van der Waals surface area contributed by atoms with Gasteiger partial charge in [-0.3, -0.25) is 0 Å². The van der Waals surface area contributed by atoms with Gasteiger partial charge in [0.1, 0.15) is 11.5 Å². The number of halogens is 1. The van der Waals surface area contributed by atoms with Crippen LogP contribution in [0.15, 0.2) is 65.8 Å². The number of ether oxygens (including phenoxy) is 3. The molecule has 0 aromatic heterocycles. The summed E-state index contributed by atoms with van der Waals surface area (Å²) in [6.07, 6.45) is 0.0731. The van der Waals surface area contributed by atoms with Gasteiger partial charge in [0.05, 0.1) is 31.5 Å². The van der Waals surface area contributed by atoms with E-state index in [9.17, 15) is 5.11 Å². The average Bonchev–Trinajstić information content (AvgIpc) is 3.24. The van der Waals surface area contributed by atoms with Crippen LogP contribution in [0.25, 0.3) is 0 Å². The second-order valence-electron chi connectivity index (χ2n) is 7.40. The number of nitrogens with zero attached hydrogens (tertiary/aromatic N) is 2. The van der Waals surface area contributed by atoms with Gasteiger partial charge in [-0.25, -0.2) is 5.01 Å². The number of methoxy groups -OCH3 is 2. The van der Waals surface area contributed by atoms with Gasteiger partial charge in [-0.15, -0.1) is 0 Å². The Labute approximate surface area is 185 Å². The van der Waals surface area contributed by atoms with Crippen molar-refractivity contribution in [1.82, 2.24) is 5.01 Å². The third-order valence-electron chi connectivity index (χ3n) is 5.67. The van der Waals surface area contributed by atoms with Crippen LogP contribution in [0.5, 0.6) is 23.0 Å². The van der Waals surface area contributed by atoms with E-state index in [-0.39, 0.29) is 11.8 Å². The van der Waals surface area contributed by atoms with Gasteiger partial charge in [0, 0.05) is 22.6 Å². The number of hydrazone groups is 1. The first-order chi connectivity index (χ1) is 15.1. The Hall–Kier alpha value is -3.38. The van der Waals surface area contributed by atoms with E-state index < -0.39 is 6.23 Å². The highest BCUT2D eigenvalue weighted by molar-refractivity contribution is 6.30. The Bertz CT molecular complexity index is 1180. The summed E-state index contributed by atoms with van der Waals surface area (Å²) >= 11 is 6.30. The normalized spacial score (nSPS) is 19.2. The van der Waals surface area contributed by atoms with Crippen molar-refractivity contribution in [3.05, 3.63) is 82.4 Å². The quantitative estimate of drug-likeness (QED) is 0.600. The van der Waals surface area contributed by atoms with E-state index in [4.69, 9.17) is 30.9 Å². The second-order valence-corrected chi connectivity index (χ2v) is 7.84. The number of phenolic OH excluding ortho intramolecular Hbond substituents is 1. The van der Waals surface area contributed by atoms with Crippen molar-refractivity contribution in [2.75, 3.05) is 14.2 Å². The molecule has 31 heavy (non-hydrogen) atoms. The minimum absolute atomic E-state index is 0.0991. The average molecular weight is 437 g/mol. The van der Waals surface area contributed by atoms with Gasteiger partial charge in [-0.05, 0) is 42.5 Å². The summed E-state index contributed by atoms with van der Waals surface area (Å²) < 4.78 is 17.6. The van der Waals surface area contributed by atoms with Crippen molar-refractivity contribution >= 4 is 17.3 Å². The van der Waals surface area contributed by atoms with Crippen LogP contribution >= 0.6 is 11.6 Å². The predicted molar refractivity (Wildman–Crippen MR) is 118 cm³/mol. The number of fused-ring (bicyclic) bond motifs is 3. The molecule has 158 valence electrons. The van der Waals surface area contributed by atoms with Gasteiger partial charge in [0.15, 0.2) is 11.5 Å². The number of hydrogen-bond acceptors (Lipinski definition) is 6. The first-order valence-corrected chi connectivity index (χ1v) is 10.3. The first kappa shape index (κ1) is 19.6. The summed E-state index contributed by atoms with van der Waals surface area (Å²) in [4.78, 5) is 0. The number of aromatic hydroxyl groups is 1. The van der Waals surface area contributed by atoms with Crippen LogP contribution in [0.3, 0.4) is 0 Å². The molecule has 0 amide bonds. The Kier molecular flexibility index (Phi) is 4.87. The molecule has 2 aliphatic rings. The third-order valence-corrected chi connectivity index (χ3v) is 5.90. The number of benzene rings is 3. The summed E-state index contributed by atoms with van der Waals surface area (Å²) in [6, 6.07) is 18.4. The van der Waals surface area contributed by atoms with E-state index in [1.54, 1.807) is 26.4 Å². The van der Waals surface area contributed by atoms with Gasteiger partial charge in [0.25, 0.3) is 0 Å². The van der Waals surface area contributed by atoms with Crippen LogP contribution in [0.4, 0.5) is 0 Å². The number of phenols is 1. The molecular formula is C24H21ClN2O4. The molecule has 0 fully saturated rings. The molecular weight excluding hydrogens is 416 g/mol. The Balaban J connectivity index is 1.66. The Morgan fingerprint density at radius 1 is 1.03 bits per heavy atom. The fraction of sp³-hybridized carbons (Fsp3) is 0.208. The fourth-order valence-electron chi connectivity index (χ4n) is 4.25. The molecule has 2 aliphatic heterocycles. The van der Waals surface area contributed by atoms with Crippen LogP contribution in [0.2, 0.25) is 5.02 Å². The third kappa shape index (κ3) is 3.24. The summed E-state index contributed by atoms with van der Waals surface area (Å²) in [5, 5.41) is 17.8. The van der Waals surface area contributed by atoms with E-state index in [2.05, 4.69) is 0 Å². The minimum atomic E-state index is -0.535. The van der Waals surface area contributed by atoms with Crippen molar-refractivity contribution in [2.24, 2.45) is 5.10 Å². The SMILES string of the molecule is COc1cccc([C@@H]2Oc3ccc(Cl)cc3[C@@H]3CC(c4ccccc4O)=NN32)c1OC. The lowest BCUT2D eigenvalue weighted by atomic mass is 9.95. The molecule has 0 aliphatic carbocycles. The maximum Gasteiger partial charge on any atom is 0.217 e. The zero-order chi connectivity index (χ0) is 21.5. The molecule has 0 spiro atoms. The maximum absolute atomic E-state index is 10.4. The fourth-order valence-corrected chi connectivity index (χ4v) is 4.43. The van der Waals surface area contributed by atoms with Crippen molar-refractivity contribution < 1.29 is 19.3 Å². The molecule has 0 unspecified atom stereocenters. The van der Waals surface area contributed by atoms with E-state index >= 15 is 0 Å². The molecule has 1 N–H and O–H groups in total. The van der Waals surface area contributed by atoms with Crippen molar-refractivity contribution in [1.29, 1.82) is 0 Å². The van der Waals surface area contributed by atoms with Gasteiger partial charge >= 0.3 is 0 Å². The smallest absolute Gasteiger partial charge is 0.217 e. The molecule has 0 bridgehead atoms. The van der Waals surface area contributed by atoms with Crippen molar-refractivity contribution in [3.8, 4) is 23.0 Å². The molecule has 6 nitrogen and oxygen atoms in total. The lowest BCUT2D eigenvalue weighted by molar-refractivity contribution is -0.0205. The molecule has 2 heterocycles. The van der Waals surface area contributed by atoms with Crippen LogP contribution in [0.1, 0.15) is 35.4 Å². The molecule has 0 saturated carbocycles. The summed E-state index contributed by atoms with van der Waals surface area (Å²) in [7, 11) is 3.21. The molecule has 0 saturated heterocycles. The highest BCUT2D eigenvalue weighted by atomic mass is 35.5. The van der Waals surface area contributed by atoms with E-state index in [1.165, 1.54) is 0 Å². The Morgan fingerprint density at radius 3 is 2.65 bits per heavy atom.